The van der Waals surface area contributed by atoms with Crippen molar-refractivity contribution in [1.82, 2.24) is 5.32 Å². The Bertz CT molecular complexity index is 212. The maximum absolute atomic E-state index is 3.70. The Balaban J connectivity index is 1.64. The normalized spacial score (nSPS) is 36.7. The van der Waals surface area contributed by atoms with E-state index >= 15 is 0 Å². The van der Waals surface area contributed by atoms with E-state index in [4.69, 9.17) is 0 Å². The molecule has 18 heavy (non-hydrogen) atoms. The van der Waals surface area contributed by atoms with Crippen LogP contribution in [0.3, 0.4) is 0 Å². The maximum Gasteiger partial charge on any atom is -0.00151 e. The van der Waals surface area contributed by atoms with Crippen LogP contribution in [0, 0.1) is 23.7 Å². The van der Waals surface area contributed by atoms with Gasteiger partial charge in [0, 0.05) is 0 Å². The molecule has 2 atom stereocenters. The highest BCUT2D eigenvalue weighted by atomic mass is 14.9. The summed E-state index contributed by atoms with van der Waals surface area (Å²) in [6.07, 6.45) is 16.7. The summed E-state index contributed by atoms with van der Waals surface area (Å²) in [5.41, 5.74) is 0. The lowest BCUT2D eigenvalue weighted by atomic mass is 9.65. The molecule has 0 aromatic carbocycles. The minimum atomic E-state index is 1.03. The summed E-state index contributed by atoms with van der Waals surface area (Å²) in [5, 5.41) is 3.70. The molecular weight excluding hydrogens is 218 g/mol. The van der Waals surface area contributed by atoms with Crippen molar-refractivity contribution in [3.8, 4) is 0 Å². The second-order valence-electron chi connectivity index (χ2n) is 7.12. The summed E-state index contributed by atoms with van der Waals surface area (Å²) in [6, 6.07) is 0. The van der Waals surface area contributed by atoms with Crippen molar-refractivity contribution in [2.75, 3.05) is 13.1 Å². The first-order valence-electron chi connectivity index (χ1n) is 8.66. The van der Waals surface area contributed by atoms with Gasteiger partial charge in [-0.1, -0.05) is 64.2 Å². The van der Waals surface area contributed by atoms with Crippen molar-refractivity contribution in [3.63, 3.8) is 0 Å². The smallest absolute Gasteiger partial charge is 0.00151 e. The van der Waals surface area contributed by atoms with Crippen molar-refractivity contribution in [2.24, 2.45) is 23.7 Å². The molecule has 0 radical (unpaired) electrons. The Hall–Kier alpha value is -0.0400. The molecule has 0 spiro atoms. The molecule has 3 fully saturated rings. The van der Waals surface area contributed by atoms with Gasteiger partial charge in [-0.3, -0.25) is 0 Å². The molecule has 1 N–H and O–H groups in total. The first kappa shape index (κ1) is 13.0. The largest absolute Gasteiger partial charge is 0.316 e. The second kappa shape index (κ2) is 6.41. The van der Waals surface area contributed by atoms with E-state index in [1.807, 2.05) is 0 Å². The molecule has 1 saturated heterocycles. The lowest BCUT2D eigenvalue weighted by Gasteiger charge is -2.44. The van der Waals surface area contributed by atoms with Crippen LogP contribution in [-0.2, 0) is 0 Å². The molecule has 1 heteroatoms. The number of nitrogens with one attached hydrogen (secondary N) is 1. The molecule has 2 unspecified atom stereocenters. The van der Waals surface area contributed by atoms with Gasteiger partial charge in [0.1, 0.15) is 0 Å². The van der Waals surface area contributed by atoms with Crippen molar-refractivity contribution in [1.29, 1.82) is 0 Å². The van der Waals surface area contributed by atoms with Crippen LogP contribution in [0.1, 0.15) is 70.6 Å². The maximum atomic E-state index is 3.70. The molecule has 3 rings (SSSR count). The molecule has 1 heterocycles. The van der Waals surface area contributed by atoms with Gasteiger partial charge >= 0.3 is 0 Å². The summed E-state index contributed by atoms with van der Waals surface area (Å²) in [4.78, 5) is 0. The van der Waals surface area contributed by atoms with Crippen LogP contribution in [0.4, 0.5) is 0 Å². The number of piperidine rings is 1. The van der Waals surface area contributed by atoms with E-state index in [1.54, 1.807) is 12.8 Å². The summed E-state index contributed by atoms with van der Waals surface area (Å²) >= 11 is 0. The average molecular weight is 249 g/mol. The fourth-order valence-corrected chi connectivity index (χ4v) is 5.13. The molecule has 1 nitrogen and oxygen atoms in total. The Morgan fingerprint density at radius 3 is 1.72 bits per heavy atom. The predicted molar refractivity (Wildman–Crippen MR) is 77.6 cm³/mol. The van der Waals surface area contributed by atoms with E-state index in [1.165, 1.54) is 70.9 Å². The molecule has 0 amide bonds. The van der Waals surface area contributed by atoms with Gasteiger partial charge in [-0.05, 0) is 43.2 Å². The van der Waals surface area contributed by atoms with Gasteiger partial charge < -0.3 is 5.32 Å². The van der Waals surface area contributed by atoms with Gasteiger partial charge in [0.05, 0.1) is 0 Å². The lowest BCUT2D eigenvalue weighted by molar-refractivity contribution is 0.0792. The van der Waals surface area contributed by atoms with Crippen molar-refractivity contribution < 1.29 is 0 Å². The van der Waals surface area contributed by atoms with Crippen molar-refractivity contribution in [2.45, 2.75) is 70.6 Å². The topological polar surface area (TPSA) is 12.0 Å². The fraction of sp³-hybridized carbons (Fsp3) is 1.00. The monoisotopic (exact) mass is 249 g/mol. The quantitative estimate of drug-likeness (QED) is 0.766. The molecule has 0 aromatic rings. The van der Waals surface area contributed by atoms with Crippen molar-refractivity contribution >= 4 is 0 Å². The van der Waals surface area contributed by atoms with Crippen LogP contribution in [0.15, 0.2) is 0 Å². The highest BCUT2D eigenvalue weighted by Gasteiger charge is 2.36. The minimum Gasteiger partial charge on any atom is -0.316 e. The van der Waals surface area contributed by atoms with Gasteiger partial charge in [-0.25, -0.2) is 0 Å². The Morgan fingerprint density at radius 2 is 1.11 bits per heavy atom. The first-order valence-corrected chi connectivity index (χ1v) is 8.66. The summed E-state index contributed by atoms with van der Waals surface area (Å²) < 4.78 is 0. The third-order valence-corrected chi connectivity index (χ3v) is 6.10. The van der Waals surface area contributed by atoms with E-state index in [0.29, 0.717) is 0 Å². The van der Waals surface area contributed by atoms with E-state index in [9.17, 15) is 0 Å². The molecular formula is C17H31N. The molecule has 0 aromatic heterocycles. The van der Waals surface area contributed by atoms with E-state index in [0.717, 1.165) is 23.7 Å². The number of hydrogen-bond acceptors (Lipinski definition) is 1. The molecule has 2 saturated carbocycles. The van der Waals surface area contributed by atoms with Crippen LogP contribution in [0.25, 0.3) is 0 Å². The molecule has 0 bridgehead atoms. The summed E-state index contributed by atoms with van der Waals surface area (Å²) in [6.45, 7) is 2.64. The van der Waals surface area contributed by atoms with E-state index < -0.39 is 0 Å². The van der Waals surface area contributed by atoms with Gasteiger partial charge in [0.2, 0.25) is 0 Å². The SMILES string of the molecule is C1CCC(C2CCNCC2C2CCCCC2)CC1. The van der Waals surface area contributed by atoms with Crippen molar-refractivity contribution in [3.05, 3.63) is 0 Å². The standard InChI is InChI=1S/C17H31N/c1-3-7-14(8-4-1)16-11-12-18-13-17(16)15-9-5-2-6-10-15/h14-18H,1-13H2. The van der Waals surface area contributed by atoms with Gasteiger partial charge in [-0.2, -0.15) is 0 Å². The summed E-state index contributed by atoms with van der Waals surface area (Å²) in [7, 11) is 0. The van der Waals surface area contributed by atoms with Crippen LogP contribution in [-0.4, -0.2) is 13.1 Å². The minimum absolute atomic E-state index is 1.03. The first-order chi connectivity index (χ1) is 8.95. The molecule has 2 aliphatic carbocycles. The highest BCUT2D eigenvalue weighted by molar-refractivity contribution is 4.89. The fourth-order valence-electron chi connectivity index (χ4n) is 5.13. The van der Waals surface area contributed by atoms with Crippen LogP contribution in [0.5, 0.6) is 0 Å². The lowest BCUT2D eigenvalue weighted by Crippen LogP contribution is -2.44. The molecule has 1 aliphatic heterocycles. The molecule has 104 valence electrons. The van der Waals surface area contributed by atoms with E-state index in [-0.39, 0.29) is 0 Å². The van der Waals surface area contributed by atoms with E-state index in [2.05, 4.69) is 5.32 Å². The second-order valence-corrected chi connectivity index (χ2v) is 7.12. The molecule has 3 aliphatic rings. The zero-order chi connectivity index (χ0) is 12.2. The number of hydrogen-bond donors (Lipinski definition) is 1. The third kappa shape index (κ3) is 2.92. The summed E-state index contributed by atoms with van der Waals surface area (Å²) in [5.74, 6) is 4.27. The zero-order valence-corrected chi connectivity index (χ0v) is 12.0. The zero-order valence-electron chi connectivity index (χ0n) is 12.0. The van der Waals surface area contributed by atoms with Crippen LogP contribution < -0.4 is 5.32 Å². The van der Waals surface area contributed by atoms with Gasteiger partial charge in [-0.15, -0.1) is 0 Å². The van der Waals surface area contributed by atoms with Gasteiger partial charge in [0.25, 0.3) is 0 Å². The van der Waals surface area contributed by atoms with Crippen LogP contribution in [0.2, 0.25) is 0 Å². The average Bonchev–Trinajstić information content (AvgIpc) is 2.49. The Kier molecular flexibility index (Phi) is 4.62. The van der Waals surface area contributed by atoms with Gasteiger partial charge in [0.15, 0.2) is 0 Å². The predicted octanol–water partition coefficient (Wildman–Crippen LogP) is 4.37. The highest BCUT2D eigenvalue weighted by Crippen LogP contribution is 2.43. The van der Waals surface area contributed by atoms with Crippen LogP contribution >= 0.6 is 0 Å². The number of rotatable bonds is 2. The third-order valence-electron chi connectivity index (χ3n) is 6.10. The Morgan fingerprint density at radius 1 is 0.556 bits per heavy atom. The Labute approximate surface area is 113 Å².